The third kappa shape index (κ3) is 7.52. The predicted molar refractivity (Wildman–Crippen MR) is 119 cm³/mol. The third-order valence-electron chi connectivity index (χ3n) is 5.03. The Morgan fingerprint density at radius 2 is 1.94 bits per heavy atom. The van der Waals surface area contributed by atoms with Gasteiger partial charge in [0.1, 0.15) is 24.4 Å². The van der Waals surface area contributed by atoms with Crippen LogP contribution in [-0.4, -0.2) is 92.9 Å². The molecule has 0 unspecified atom stereocenters. The zero-order chi connectivity index (χ0) is 23.7. The lowest BCUT2D eigenvalue weighted by atomic mass is 10.1. The fraction of sp³-hybridized carbons (Fsp3) is 0.545. The summed E-state index contributed by atoms with van der Waals surface area (Å²) in [5, 5.41) is 8.02. The number of nitrogens with one attached hydrogen (secondary N) is 3. The minimum Gasteiger partial charge on any atom is -0.491 e. The van der Waals surface area contributed by atoms with Crippen LogP contribution >= 0.6 is 0 Å². The summed E-state index contributed by atoms with van der Waals surface area (Å²) in [6, 6.07) is 4.77. The Bertz CT molecular complexity index is 829. The summed E-state index contributed by atoms with van der Waals surface area (Å²) in [7, 11) is 5.48. The zero-order valence-corrected chi connectivity index (χ0v) is 19.1. The van der Waals surface area contributed by atoms with Gasteiger partial charge in [-0.15, -0.1) is 0 Å². The maximum absolute atomic E-state index is 12.9. The van der Waals surface area contributed by atoms with Crippen LogP contribution in [0.25, 0.3) is 0 Å². The molecule has 32 heavy (non-hydrogen) atoms. The van der Waals surface area contributed by atoms with Gasteiger partial charge in [-0.25, -0.2) is 0 Å². The van der Waals surface area contributed by atoms with E-state index in [1.807, 2.05) is 19.0 Å². The van der Waals surface area contributed by atoms with Gasteiger partial charge >= 0.3 is 0 Å². The highest BCUT2D eigenvalue weighted by Gasteiger charge is 2.28. The van der Waals surface area contributed by atoms with Crippen molar-refractivity contribution < 1.29 is 23.9 Å². The molecule has 1 aromatic rings. The number of nitrogens with zero attached hydrogens (tertiary/aromatic N) is 2. The quantitative estimate of drug-likeness (QED) is 0.529. The predicted octanol–water partition coefficient (Wildman–Crippen LogP) is -0.401. The van der Waals surface area contributed by atoms with E-state index in [-0.39, 0.29) is 31.0 Å². The number of carbonyl (C=O) groups is 4. The molecule has 1 aliphatic rings. The molecule has 10 heteroatoms. The van der Waals surface area contributed by atoms with Crippen LogP contribution in [0.4, 0.5) is 0 Å². The number of carbonyl (C=O) groups excluding carboxylic acids is 4. The molecule has 10 nitrogen and oxygen atoms in total. The molecule has 0 spiro atoms. The second kappa shape index (κ2) is 12.0. The summed E-state index contributed by atoms with van der Waals surface area (Å²) < 4.78 is 5.73. The van der Waals surface area contributed by atoms with Gasteiger partial charge in [-0.05, 0) is 46.1 Å². The summed E-state index contributed by atoms with van der Waals surface area (Å²) in [6.45, 7) is 3.23. The van der Waals surface area contributed by atoms with Crippen molar-refractivity contribution >= 4 is 23.6 Å². The molecule has 0 radical (unpaired) electrons. The Morgan fingerprint density at radius 3 is 2.66 bits per heavy atom. The monoisotopic (exact) mass is 447 g/mol. The van der Waals surface area contributed by atoms with Crippen LogP contribution in [0.1, 0.15) is 30.1 Å². The molecule has 0 aliphatic carbocycles. The Hall–Kier alpha value is -3.14. The molecule has 1 heterocycles. The number of hydrogen-bond donors (Lipinski definition) is 3. The first kappa shape index (κ1) is 25.1. The summed E-state index contributed by atoms with van der Waals surface area (Å²) in [6.07, 6.45) is 0.426. The van der Waals surface area contributed by atoms with Crippen molar-refractivity contribution in [1.29, 1.82) is 0 Å². The highest BCUT2D eigenvalue weighted by atomic mass is 16.5. The molecular weight excluding hydrogens is 414 g/mol. The van der Waals surface area contributed by atoms with Crippen LogP contribution in [0.5, 0.6) is 5.75 Å². The van der Waals surface area contributed by atoms with E-state index in [0.717, 1.165) is 13.0 Å². The SMILES string of the molecule is C[C@@H]1NC(=O)C[C@@H](C(=O)NCCCN(C)C)NC(=O)c2ccccc2OCCN(C)C1=O. The van der Waals surface area contributed by atoms with Crippen LogP contribution in [0.15, 0.2) is 24.3 Å². The summed E-state index contributed by atoms with van der Waals surface area (Å²) in [5.74, 6) is -1.42. The van der Waals surface area contributed by atoms with Crippen molar-refractivity contribution in [1.82, 2.24) is 25.8 Å². The maximum Gasteiger partial charge on any atom is 0.255 e. The minimum absolute atomic E-state index is 0.170. The topological polar surface area (TPSA) is 120 Å². The van der Waals surface area contributed by atoms with Gasteiger partial charge in [-0.2, -0.15) is 0 Å². The number of ether oxygens (including phenoxy) is 1. The zero-order valence-electron chi connectivity index (χ0n) is 19.1. The van der Waals surface area contributed by atoms with Gasteiger partial charge < -0.3 is 30.5 Å². The van der Waals surface area contributed by atoms with E-state index in [1.54, 1.807) is 38.2 Å². The fourth-order valence-electron chi connectivity index (χ4n) is 3.24. The molecule has 1 aromatic carbocycles. The molecule has 0 saturated carbocycles. The Labute approximate surface area is 188 Å². The standard InChI is InChI=1S/C22H33N5O5/c1-15-22(31)27(4)12-13-32-18-9-6-5-8-16(18)20(29)25-17(14-19(28)24-15)21(30)23-10-7-11-26(2)3/h5-6,8-9,15,17H,7,10-14H2,1-4H3,(H,23,30)(H,24,28)(H,25,29)/t15-,17-/m0/s1. The average Bonchev–Trinajstić information content (AvgIpc) is 2.74. The number of rotatable bonds is 5. The number of benzene rings is 1. The second-order valence-corrected chi connectivity index (χ2v) is 8.07. The summed E-state index contributed by atoms with van der Waals surface area (Å²) in [4.78, 5) is 54.2. The Balaban J connectivity index is 2.23. The van der Waals surface area contributed by atoms with Gasteiger partial charge in [0.15, 0.2) is 0 Å². The smallest absolute Gasteiger partial charge is 0.255 e. The molecule has 3 N–H and O–H groups in total. The third-order valence-corrected chi connectivity index (χ3v) is 5.03. The van der Waals surface area contributed by atoms with Crippen molar-refractivity contribution in [3.05, 3.63) is 29.8 Å². The van der Waals surface area contributed by atoms with E-state index in [0.29, 0.717) is 12.3 Å². The van der Waals surface area contributed by atoms with Crippen molar-refractivity contribution in [3.63, 3.8) is 0 Å². The highest BCUT2D eigenvalue weighted by Crippen LogP contribution is 2.18. The van der Waals surface area contributed by atoms with Crippen molar-refractivity contribution in [2.75, 3.05) is 47.4 Å². The van der Waals surface area contributed by atoms with E-state index >= 15 is 0 Å². The molecule has 0 saturated heterocycles. The lowest BCUT2D eigenvalue weighted by Crippen LogP contribution is -2.52. The van der Waals surface area contributed by atoms with Crippen molar-refractivity contribution in [3.8, 4) is 5.75 Å². The molecule has 1 aliphatic heterocycles. The van der Waals surface area contributed by atoms with E-state index in [2.05, 4.69) is 16.0 Å². The second-order valence-electron chi connectivity index (χ2n) is 8.07. The molecule has 0 aromatic heterocycles. The average molecular weight is 448 g/mol. The molecule has 0 fully saturated rings. The maximum atomic E-state index is 12.9. The van der Waals surface area contributed by atoms with Crippen molar-refractivity contribution in [2.45, 2.75) is 31.8 Å². The molecule has 0 bridgehead atoms. The van der Waals surface area contributed by atoms with Gasteiger partial charge in [0, 0.05) is 13.6 Å². The first-order chi connectivity index (χ1) is 15.2. The normalized spacial score (nSPS) is 20.5. The van der Waals surface area contributed by atoms with Crippen LogP contribution in [0.3, 0.4) is 0 Å². The van der Waals surface area contributed by atoms with Crippen LogP contribution in [-0.2, 0) is 14.4 Å². The minimum atomic E-state index is -1.10. The number of hydrogen-bond acceptors (Lipinski definition) is 6. The van der Waals surface area contributed by atoms with Crippen LogP contribution in [0.2, 0.25) is 0 Å². The number of amides is 4. The fourth-order valence-corrected chi connectivity index (χ4v) is 3.24. The van der Waals surface area contributed by atoms with Gasteiger partial charge in [-0.3, -0.25) is 19.2 Å². The molecule has 176 valence electrons. The lowest BCUT2D eigenvalue weighted by Gasteiger charge is -2.25. The van der Waals surface area contributed by atoms with E-state index < -0.39 is 29.8 Å². The Morgan fingerprint density at radius 1 is 1.22 bits per heavy atom. The van der Waals surface area contributed by atoms with Crippen molar-refractivity contribution in [2.24, 2.45) is 0 Å². The lowest BCUT2D eigenvalue weighted by molar-refractivity contribution is -0.135. The first-order valence-electron chi connectivity index (χ1n) is 10.7. The molecule has 4 amide bonds. The van der Waals surface area contributed by atoms with Gasteiger partial charge in [0.25, 0.3) is 5.91 Å². The summed E-state index contributed by atoms with van der Waals surface area (Å²) >= 11 is 0. The van der Waals surface area contributed by atoms with E-state index in [4.69, 9.17) is 4.74 Å². The number of fused-ring (bicyclic) bond motifs is 1. The van der Waals surface area contributed by atoms with E-state index in [1.165, 1.54) is 4.90 Å². The Kier molecular flexibility index (Phi) is 9.45. The molecular formula is C22H33N5O5. The van der Waals surface area contributed by atoms with Gasteiger partial charge in [-0.1, -0.05) is 12.1 Å². The molecule has 2 rings (SSSR count). The summed E-state index contributed by atoms with van der Waals surface area (Å²) in [5.41, 5.74) is 0.248. The number of likely N-dealkylation sites (N-methyl/N-ethyl adjacent to an activating group) is 1. The highest BCUT2D eigenvalue weighted by molar-refractivity contribution is 6.01. The van der Waals surface area contributed by atoms with Crippen LogP contribution < -0.4 is 20.7 Å². The van der Waals surface area contributed by atoms with Crippen LogP contribution in [0, 0.1) is 0 Å². The largest absolute Gasteiger partial charge is 0.491 e. The van der Waals surface area contributed by atoms with Gasteiger partial charge in [0.2, 0.25) is 17.7 Å². The van der Waals surface area contributed by atoms with Gasteiger partial charge in [0.05, 0.1) is 18.5 Å². The first-order valence-corrected chi connectivity index (χ1v) is 10.7. The van der Waals surface area contributed by atoms with E-state index in [9.17, 15) is 19.2 Å². The molecule has 2 atom stereocenters. The number of para-hydroxylation sites is 1.